The lowest BCUT2D eigenvalue weighted by atomic mass is 10.2. The maximum atomic E-state index is 10.8. The summed E-state index contributed by atoms with van der Waals surface area (Å²) in [5.74, 6) is 0.873. The summed E-state index contributed by atoms with van der Waals surface area (Å²) >= 11 is 5.96. The van der Waals surface area contributed by atoms with E-state index in [1.807, 2.05) is 0 Å². The molecule has 0 bridgehead atoms. The molecule has 1 N–H and O–H groups in total. The van der Waals surface area contributed by atoms with Gasteiger partial charge >= 0.3 is 0 Å². The quantitative estimate of drug-likeness (QED) is 0.686. The molecule has 0 unspecified atom stereocenters. The summed E-state index contributed by atoms with van der Waals surface area (Å²) in [6, 6.07) is 9.49. The fourth-order valence-electron chi connectivity index (χ4n) is 1.81. The summed E-state index contributed by atoms with van der Waals surface area (Å²) in [7, 11) is 0. The second kappa shape index (κ2) is 5.90. The topological polar surface area (TPSA) is 72.6 Å². The summed E-state index contributed by atoms with van der Waals surface area (Å²) in [4.78, 5) is 10.3. The number of ether oxygens (including phenoxy) is 1. The van der Waals surface area contributed by atoms with Gasteiger partial charge in [-0.15, -0.1) is 0 Å². The van der Waals surface area contributed by atoms with Crippen LogP contribution in [0.5, 0.6) is 11.5 Å². The van der Waals surface area contributed by atoms with Crippen molar-refractivity contribution in [3.63, 3.8) is 0 Å². The lowest BCUT2D eigenvalue weighted by molar-refractivity contribution is -0.385. The number of nitro groups is 1. The van der Waals surface area contributed by atoms with Crippen molar-refractivity contribution in [2.45, 2.75) is 13.5 Å². The van der Waals surface area contributed by atoms with Crippen LogP contribution < -0.4 is 4.74 Å². The first-order chi connectivity index (χ1) is 9.52. The summed E-state index contributed by atoms with van der Waals surface area (Å²) in [5.41, 5.74) is 1.01. The van der Waals surface area contributed by atoms with Gasteiger partial charge in [-0.1, -0.05) is 17.7 Å². The van der Waals surface area contributed by atoms with Gasteiger partial charge in [0, 0.05) is 22.2 Å². The van der Waals surface area contributed by atoms with Gasteiger partial charge in [0.25, 0.3) is 5.69 Å². The number of rotatable bonds is 4. The highest BCUT2D eigenvalue weighted by Crippen LogP contribution is 2.32. The van der Waals surface area contributed by atoms with Crippen LogP contribution in [0.3, 0.4) is 0 Å². The number of halogens is 1. The molecule has 20 heavy (non-hydrogen) atoms. The van der Waals surface area contributed by atoms with Crippen LogP contribution >= 0.6 is 11.6 Å². The fraction of sp³-hybridized carbons (Fsp3) is 0.143. The minimum atomic E-state index is -0.447. The van der Waals surface area contributed by atoms with Gasteiger partial charge < -0.3 is 9.84 Å². The van der Waals surface area contributed by atoms with Crippen molar-refractivity contribution in [2.24, 2.45) is 0 Å². The number of aliphatic hydroxyl groups excluding tert-OH is 1. The van der Waals surface area contributed by atoms with Gasteiger partial charge in [0.2, 0.25) is 0 Å². The first-order valence-electron chi connectivity index (χ1n) is 5.84. The Morgan fingerprint density at radius 2 is 2.10 bits per heavy atom. The minimum Gasteiger partial charge on any atom is -0.457 e. The molecule has 0 saturated heterocycles. The normalized spacial score (nSPS) is 10.3. The Morgan fingerprint density at radius 3 is 2.70 bits per heavy atom. The highest BCUT2D eigenvalue weighted by Gasteiger charge is 2.13. The number of hydrogen-bond acceptors (Lipinski definition) is 4. The number of benzene rings is 2. The Balaban J connectivity index is 2.34. The molecule has 0 aromatic heterocycles. The van der Waals surface area contributed by atoms with E-state index in [0.29, 0.717) is 27.6 Å². The fourth-order valence-corrected chi connectivity index (χ4v) is 2.04. The molecule has 0 atom stereocenters. The Kier molecular flexibility index (Phi) is 4.22. The molecule has 6 heteroatoms. The Hall–Kier alpha value is -2.11. The van der Waals surface area contributed by atoms with Gasteiger partial charge in [-0.05, 0) is 31.2 Å². The van der Waals surface area contributed by atoms with Gasteiger partial charge in [0.1, 0.15) is 11.5 Å². The number of nitro benzene ring substituents is 1. The van der Waals surface area contributed by atoms with E-state index in [4.69, 9.17) is 16.3 Å². The molecule has 0 aliphatic rings. The first-order valence-corrected chi connectivity index (χ1v) is 6.22. The van der Waals surface area contributed by atoms with E-state index < -0.39 is 4.92 Å². The zero-order valence-electron chi connectivity index (χ0n) is 10.7. The standard InChI is InChI=1S/C14H12ClNO4/c1-9-7-10(5-6-13(9)16(18)19)20-14-4-2-3-12(15)11(14)8-17/h2-7,17H,8H2,1H3. The number of hydrogen-bond donors (Lipinski definition) is 1. The zero-order valence-corrected chi connectivity index (χ0v) is 11.4. The van der Waals surface area contributed by atoms with Crippen LogP contribution in [-0.2, 0) is 6.61 Å². The summed E-state index contributed by atoms with van der Waals surface area (Å²) in [5, 5.41) is 20.5. The van der Waals surface area contributed by atoms with Crippen LogP contribution in [0, 0.1) is 17.0 Å². The number of aryl methyl sites for hydroxylation is 1. The SMILES string of the molecule is Cc1cc(Oc2cccc(Cl)c2CO)ccc1[N+](=O)[O-]. The van der Waals surface area contributed by atoms with E-state index >= 15 is 0 Å². The van der Waals surface area contributed by atoms with E-state index in [9.17, 15) is 15.2 Å². The molecule has 0 amide bonds. The largest absolute Gasteiger partial charge is 0.457 e. The molecule has 0 aliphatic heterocycles. The molecule has 0 spiro atoms. The lowest BCUT2D eigenvalue weighted by Gasteiger charge is -2.11. The summed E-state index contributed by atoms with van der Waals surface area (Å²) in [6.07, 6.45) is 0. The molecule has 0 fully saturated rings. The average molecular weight is 294 g/mol. The van der Waals surface area contributed by atoms with Crippen molar-refractivity contribution in [1.29, 1.82) is 0 Å². The molecular formula is C14H12ClNO4. The second-order valence-corrected chi connectivity index (χ2v) is 4.59. The highest BCUT2D eigenvalue weighted by molar-refractivity contribution is 6.31. The van der Waals surface area contributed by atoms with Crippen LogP contribution in [0.15, 0.2) is 36.4 Å². The van der Waals surface area contributed by atoms with E-state index in [1.54, 1.807) is 31.2 Å². The molecule has 2 aromatic rings. The minimum absolute atomic E-state index is 0.0332. The molecule has 5 nitrogen and oxygen atoms in total. The van der Waals surface area contributed by atoms with Gasteiger partial charge in [-0.25, -0.2) is 0 Å². The lowest BCUT2D eigenvalue weighted by Crippen LogP contribution is -1.95. The van der Waals surface area contributed by atoms with Crippen molar-refractivity contribution >= 4 is 17.3 Å². The third-order valence-corrected chi connectivity index (χ3v) is 3.18. The third-order valence-electron chi connectivity index (χ3n) is 2.83. The molecule has 0 saturated carbocycles. The van der Waals surface area contributed by atoms with E-state index in [2.05, 4.69) is 0 Å². The zero-order chi connectivity index (χ0) is 14.7. The van der Waals surface area contributed by atoms with Crippen molar-refractivity contribution in [1.82, 2.24) is 0 Å². The predicted molar refractivity (Wildman–Crippen MR) is 75.3 cm³/mol. The third kappa shape index (κ3) is 2.89. The van der Waals surface area contributed by atoms with Crippen molar-refractivity contribution in [3.05, 3.63) is 62.7 Å². The van der Waals surface area contributed by atoms with Crippen LogP contribution in [0.2, 0.25) is 5.02 Å². The van der Waals surface area contributed by atoms with Crippen LogP contribution in [0.25, 0.3) is 0 Å². The molecule has 0 radical (unpaired) electrons. The van der Waals surface area contributed by atoms with Crippen molar-refractivity contribution in [2.75, 3.05) is 0 Å². The summed E-state index contributed by atoms with van der Waals surface area (Å²) < 4.78 is 5.63. The van der Waals surface area contributed by atoms with Crippen LogP contribution in [0.1, 0.15) is 11.1 Å². The van der Waals surface area contributed by atoms with Crippen LogP contribution in [-0.4, -0.2) is 10.0 Å². The molecular weight excluding hydrogens is 282 g/mol. The molecule has 2 aromatic carbocycles. The highest BCUT2D eigenvalue weighted by atomic mass is 35.5. The first kappa shape index (κ1) is 14.3. The molecule has 0 heterocycles. The molecule has 2 rings (SSSR count). The Labute approximate surface area is 120 Å². The average Bonchev–Trinajstić information content (AvgIpc) is 2.38. The van der Waals surface area contributed by atoms with Gasteiger partial charge in [-0.2, -0.15) is 0 Å². The molecule has 0 aliphatic carbocycles. The monoisotopic (exact) mass is 293 g/mol. The van der Waals surface area contributed by atoms with Crippen LogP contribution in [0.4, 0.5) is 5.69 Å². The number of aliphatic hydroxyl groups is 1. The number of nitrogens with zero attached hydrogens (tertiary/aromatic N) is 1. The Morgan fingerprint density at radius 1 is 1.35 bits per heavy atom. The van der Waals surface area contributed by atoms with Crippen molar-refractivity contribution in [3.8, 4) is 11.5 Å². The van der Waals surface area contributed by atoms with Crippen molar-refractivity contribution < 1.29 is 14.8 Å². The van der Waals surface area contributed by atoms with Gasteiger partial charge in [0.05, 0.1) is 11.5 Å². The van der Waals surface area contributed by atoms with Gasteiger partial charge in [0.15, 0.2) is 0 Å². The van der Waals surface area contributed by atoms with E-state index in [1.165, 1.54) is 12.1 Å². The van der Waals surface area contributed by atoms with E-state index in [0.717, 1.165) is 0 Å². The molecule has 104 valence electrons. The van der Waals surface area contributed by atoms with Gasteiger partial charge in [-0.3, -0.25) is 10.1 Å². The predicted octanol–water partition coefficient (Wildman–Crippen LogP) is 3.84. The van der Waals surface area contributed by atoms with E-state index in [-0.39, 0.29) is 12.3 Å². The maximum Gasteiger partial charge on any atom is 0.272 e. The smallest absolute Gasteiger partial charge is 0.272 e. The summed E-state index contributed by atoms with van der Waals surface area (Å²) in [6.45, 7) is 1.39. The maximum absolute atomic E-state index is 10.8. The Bertz CT molecular complexity index is 658. The second-order valence-electron chi connectivity index (χ2n) is 4.18.